The summed E-state index contributed by atoms with van der Waals surface area (Å²) >= 11 is 9.09. The van der Waals surface area contributed by atoms with Crippen LogP contribution in [0.3, 0.4) is 0 Å². The Balaban J connectivity index is 2.23. The van der Waals surface area contributed by atoms with Crippen molar-refractivity contribution >= 4 is 46.4 Å². The van der Waals surface area contributed by atoms with Crippen LogP contribution in [-0.2, 0) is 0 Å². The molecule has 0 atom stereocenters. The predicted molar refractivity (Wildman–Crippen MR) is 132 cm³/mol. The minimum absolute atomic E-state index is 0.918. The Bertz CT molecular complexity index is 514. The van der Waals surface area contributed by atoms with Crippen molar-refractivity contribution in [3.8, 4) is 0 Å². The zero-order chi connectivity index (χ0) is 20.5. The number of aromatic nitrogens is 2. The van der Waals surface area contributed by atoms with E-state index in [1.165, 1.54) is 70.6 Å². The van der Waals surface area contributed by atoms with Gasteiger partial charge in [-0.05, 0) is 24.3 Å². The smallest absolute Gasteiger partial charge is 0.124 e. The van der Waals surface area contributed by atoms with E-state index in [1.54, 1.807) is 29.9 Å². The molecule has 0 aromatic carbocycles. The van der Waals surface area contributed by atoms with Crippen molar-refractivity contribution in [2.24, 2.45) is 0 Å². The summed E-state index contributed by atoms with van der Waals surface area (Å²) in [4.78, 5) is 9.80. The molecule has 0 saturated heterocycles. The average molecular weight is 442 g/mol. The van der Waals surface area contributed by atoms with Crippen LogP contribution in [0.1, 0.15) is 97.8 Å². The zero-order valence-electron chi connectivity index (χ0n) is 18.1. The third-order valence-electron chi connectivity index (χ3n) is 4.61. The molecule has 0 bridgehead atoms. The summed E-state index contributed by atoms with van der Waals surface area (Å²) in [6.07, 6.45) is 17.6. The largest absolute Gasteiger partial charge is 0.346 e. The number of hydrogen-bond donors (Lipinski definition) is 1. The average Bonchev–Trinajstić information content (AvgIpc) is 2.69. The van der Waals surface area contributed by atoms with Crippen LogP contribution in [-0.4, -0.2) is 26.5 Å². The van der Waals surface area contributed by atoms with Crippen LogP contribution in [0.2, 0.25) is 0 Å². The number of nitrogens with zero attached hydrogens (tertiary/aromatic N) is 2. The molecule has 3 nitrogen and oxygen atoms in total. The monoisotopic (exact) mass is 441 g/mol. The third-order valence-corrected chi connectivity index (χ3v) is 6.66. The number of anilines is 1. The van der Waals surface area contributed by atoms with Crippen LogP contribution in [0.25, 0.3) is 0 Å². The van der Waals surface area contributed by atoms with E-state index >= 15 is 0 Å². The van der Waals surface area contributed by atoms with Crippen molar-refractivity contribution in [1.82, 2.24) is 9.97 Å². The lowest BCUT2D eigenvalue weighted by Crippen LogP contribution is -2.12. The fraction of sp³-hybridized carbons (Fsp3) is 0.773. The van der Waals surface area contributed by atoms with Crippen molar-refractivity contribution in [2.75, 3.05) is 16.8 Å². The maximum absolute atomic E-state index is 5.61. The molecule has 0 aliphatic heterocycles. The molecule has 0 radical (unpaired) electrons. The predicted octanol–water partition coefficient (Wildman–Crippen LogP) is 8.14. The number of hydrogen-bond acceptors (Lipinski definition) is 5. The molecule has 0 amide bonds. The van der Waals surface area contributed by atoms with Gasteiger partial charge in [0.1, 0.15) is 22.1 Å². The van der Waals surface area contributed by atoms with Crippen LogP contribution in [0.15, 0.2) is 16.4 Å². The fourth-order valence-electron chi connectivity index (χ4n) is 3.11. The van der Waals surface area contributed by atoms with Crippen molar-refractivity contribution in [2.45, 2.75) is 108 Å². The first-order valence-electron chi connectivity index (χ1n) is 11.1. The van der Waals surface area contributed by atoms with Gasteiger partial charge in [-0.1, -0.05) is 97.2 Å². The molecule has 0 fully saturated rings. The molecule has 6 heteroatoms. The Hall–Kier alpha value is -0.330. The zero-order valence-corrected chi connectivity index (χ0v) is 20.5. The Morgan fingerprint density at radius 2 is 1.25 bits per heavy atom. The maximum atomic E-state index is 5.61. The summed E-state index contributed by atoms with van der Waals surface area (Å²) in [5.74, 6) is 1.99. The fourth-order valence-corrected chi connectivity index (χ4v) is 4.79. The van der Waals surface area contributed by atoms with Gasteiger partial charge in [0.2, 0.25) is 0 Å². The molecule has 0 aliphatic carbocycles. The number of rotatable bonds is 17. The number of thiocarbonyl (C=S) groups is 1. The summed E-state index contributed by atoms with van der Waals surface area (Å²) in [5, 5.41) is 5.47. The van der Waals surface area contributed by atoms with Gasteiger partial charge < -0.3 is 5.32 Å². The van der Waals surface area contributed by atoms with Gasteiger partial charge in [-0.25, -0.2) is 9.97 Å². The highest BCUT2D eigenvalue weighted by molar-refractivity contribution is 8.00. The first-order chi connectivity index (χ1) is 13.7. The van der Waals surface area contributed by atoms with Gasteiger partial charge >= 0.3 is 0 Å². The van der Waals surface area contributed by atoms with E-state index in [0.29, 0.717) is 0 Å². The van der Waals surface area contributed by atoms with Crippen molar-refractivity contribution in [1.29, 1.82) is 0 Å². The standard InChI is InChI=1S/C22H39N3S3/c1-4-7-8-9-10-11-12-13-14-15-16-17-19(26)25-20-21(27-5-2)23-18-24-22(20)28-6-3/h18H,4-17H2,1-3H3,(H,25,26). The molecule has 0 aliphatic rings. The summed E-state index contributed by atoms with van der Waals surface area (Å²) in [5.41, 5.74) is 1.01. The van der Waals surface area contributed by atoms with Gasteiger partial charge in [-0.15, -0.1) is 23.5 Å². The first kappa shape index (κ1) is 25.7. The van der Waals surface area contributed by atoms with Crippen LogP contribution in [0.4, 0.5) is 5.69 Å². The molecule has 160 valence electrons. The van der Waals surface area contributed by atoms with Crippen LogP contribution in [0, 0.1) is 0 Å². The Kier molecular flexibility index (Phi) is 16.1. The second-order valence-corrected chi connectivity index (χ2v) is 10.1. The molecule has 1 aromatic heterocycles. The quantitative estimate of drug-likeness (QED) is 0.114. The summed E-state index contributed by atoms with van der Waals surface area (Å²) in [7, 11) is 0. The summed E-state index contributed by atoms with van der Waals surface area (Å²) in [6.45, 7) is 6.57. The van der Waals surface area contributed by atoms with E-state index < -0.39 is 0 Å². The molecule has 1 aromatic rings. The highest BCUT2D eigenvalue weighted by Gasteiger charge is 2.13. The highest BCUT2D eigenvalue weighted by atomic mass is 32.2. The van der Waals surface area contributed by atoms with Gasteiger partial charge in [0.15, 0.2) is 0 Å². The molecule has 0 saturated carbocycles. The summed E-state index contributed by atoms with van der Waals surface area (Å²) < 4.78 is 0. The van der Waals surface area contributed by atoms with E-state index in [9.17, 15) is 0 Å². The molecule has 0 unspecified atom stereocenters. The lowest BCUT2D eigenvalue weighted by molar-refractivity contribution is 0.552. The van der Waals surface area contributed by atoms with E-state index in [1.807, 2.05) is 0 Å². The first-order valence-corrected chi connectivity index (χ1v) is 13.5. The minimum atomic E-state index is 0.918. The second kappa shape index (κ2) is 17.5. The molecule has 1 heterocycles. The molecular formula is C22H39N3S3. The molecular weight excluding hydrogens is 402 g/mol. The Morgan fingerprint density at radius 3 is 1.71 bits per heavy atom. The Labute approximate surface area is 187 Å². The summed E-state index contributed by atoms with van der Waals surface area (Å²) in [6, 6.07) is 0. The van der Waals surface area contributed by atoms with Gasteiger partial charge in [0.25, 0.3) is 0 Å². The SMILES string of the molecule is CCCCCCCCCCCCCC(=S)Nc1c(SCC)ncnc1SCC. The maximum Gasteiger partial charge on any atom is 0.124 e. The molecule has 1 rings (SSSR count). The second-order valence-electron chi connectivity index (χ2n) is 7.06. The lowest BCUT2D eigenvalue weighted by atomic mass is 10.1. The van der Waals surface area contributed by atoms with Crippen molar-refractivity contribution in [3.63, 3.8) is 0 Å². The van der Waals surface area contributed by atoms with Gasteiger partial charge in [-0.3, -0.25) is 0 Å². The highest BCUT2D eigenvalue weighted by Crippen LogP contribution is 2.33. The Morgan fingerprint density at radius 1 is 0.786 bits per heavy atom. The topological polar surface area (TPSA) is 37.8 Å². The number of thioether (sulfide) groups is 2. The molecule has 28 heavy (non-hydrogen) atoms. The third kappa shape index (κ3) is 11.6. The van der Waals surface area contributed by atoms with Crippen molar-refractivity contribution in [3.05, 3.63) is 6.33 Å². The normalized spacial score (nSPS) is 11.0. The van der Waals surface area contributed by atoms with Crippen molar-refractivity contribution < 1.29 is 0 Å². The van der Waals surface area contributed by atoms with E-state index in [-0.39, 0.29) is 0 Å². The van der Waals surface area contributed by atoms with Gasteiger partial charge in [0, 0.05) is 0 Å². The van der Waals surface area contributed by atoms with E-state index in [2.05, 4.69) is 36.1 Å². The van der Waals surface area contributed by atoms with Gasteiger partial charge in [-0.2, -0.15) is 0 Å². The van der Waals surface area contributed by atoms with Crippen LogP contribution in [0.5, 0.6) is 0 Å². The molecule has 1 N–H and O–H groups in total. The van der Waals surface area contributed by atoms with Crippen LogP contribution >= 0.6 is 35.7 Å². The number of unbranched alkanes of at least 4 members (excludes halogenated alkanes) is 10. The van der Waals surface area contributed by atoms with Crippen LogP contribution < -0.4 is 5.32 Å². The molecule has 0 spiro atoms. The lowest BCUT2D eigenvalue weighted by Gasteiger charge is -2.14. The van der Waals surface area contributed by atoms with E-state index in [0.717, 1.165) is 38.7 Å². The number of nitrogens with one attached hydrogen (secondary N) is 1. The van der Waals surface area contributed by atoms with Gasteiger partial charge in [0.05, 0.1) is 4.99 Å². The van der Waals surface area contributed by atoms with E-state index in [4.69, 9.17) is 12.2 Å². The minimum Gasteiger partial charge on any atom is -0.346 e.